The molecule has 0 radical (unpaired) electrons. The molecule has 2 aliphatic rings. The quantitative estimate of drug-likeness (QED) is 0.921. The Morgan fingerprint density at radius 3 is 2.74 bits per heavy atom. The molecule has 19 heavy (non-hydrogen) atoms. The number of amides is 1. The number of hydrogen-bond donors (Lipinski definition) is 1. The van der Waals surface area contributed by atoms with Crippen molar-refractivity contribution < 1.29 is 4.79 Å². The normalized spacial score (nSPS) is 25.7. The Balaban J connectivity index is 1.83. The van der Waals surface area contributed by atoms with Crippen LogP contribution in [0.2, 0.25) is 0 Å². The van der Waals surface area contributed by atoms with Gasteiger partial charge in [0.25, 0.3) is 0 Å². The second kappa shape index (κ2) is 4.91. The first kappa shape index (κ1) is 13.1. The Labute approximate surface area is 119 Å². The highest BCUT2D eigenvalue weighted by atomic mass is 32.1. The molecule has 1 unspecified atom stereocenters. The molecule has 1 spiro atoms. The Kier molecular flexibility index (Phi) is 3.39. The SMILES string of the molecule is CCC1NC2(CCCC2)C(=O)N1Cc1cscc1C. The van der Waals surface area contributed by atoms with Crippen molar-refractivity contribution in [2.45, 2.75) is 64.2 Å². The van der Waals surface area contributed by atoms with Crippen molar-refractivity contribution in [3.63, 3.8) is 0 Å². The van der Waals surface area contributed by atoms with Gasteiger partial charge in [0.15, 0.2) is 0 Å². The molecule has 1 saturated carbocycles. The van der Waals surface area contributed by atoms with E-state index in [2.05, 4.69) is 34.8 Å². The summed E-state index contributed by atoms with van der Waals surface area (Å²) in [5.41, 5.74) is 2.37. The first-order valence-electron chi connectivity index (χ1n) is 7.27. The first-order chi connectivity index (χ1) is 9.16. The molecule has 1 saturated heterocycles. The summed E-state index contributed by atoms with van der Waals surface area (Å²) < 4.78 is 0. The van der Waals surface area contributed by atoms with Crippen molar-refractivity contribution >= 4 is 17.2 Å². The minimum absolute atomic E-state index is 0.213. The van der Waals surface area contributed by atoms with Gasteiger partial charge in [0.05, 0.1) is 11.7 Å². The van der Waals surface area contributed by atoms with Gasteiger partial charge in [-0.05, 0) is 48.1 Å². The summed E-state index contributed by atoms with van der Waals surface area (Å²) in [6.45, 7) is 5.06. The van der Waals surface area contributed by atoms with Crippen LogP contribution in [0.25, 0.3) is 0 Å². The van der Waals surface area contributed by atoms with Crippen LogP contribution in [0.1, 0.15) is 50.2 Å². The largest absolute Gasteiger partial charge is 0.321 e. The Morgan fingerprint density at radius 1 is 1.42 bits per heavy atom. The summed E-state index contributed by atoms with van der Waals surface area (Å²) in [5, 5.41) is 7.97. The van der Waals surface area contributed by atoms with Crippen molar-refractivity contribution in [2.24, 2.45) is 0 Å². The van der Waals surface area contributed by atoms with Crippen molar-refractivity contribution in [1.29, 1.82) is 0 Å². The van der Waals surface area contributed by atoms with Crippen LogP contribution in [0.5, 0.6) is 0 Å². The van der Waals surface area contributed by atoms with Crippen molar-refractivity contribution in [2.75, 3.05) is 0 Å². The maximum absolute atomic E-state index is 12.8. The summed E-state index contributed by atoms with van der Waals surface area (Å²) in [6, 6.07) is 0. The summed E-state index contributed by atoms with van der Waals surface area (Å²) in [4.78, 5) is 14.9. The van der Waals surface area contributed by atoms with E-state index in [0.29, 0.717) is 5.91 Å². The summed E-state index contributed by atoms with van der Waals surface area (Å²) in [6.07, 6.45) is 5.59. The van der Waals surface area contributed by atoms with Gasteiger partial charge in [-0.1, -0.05) is 19.8 Å². The maximum Gasteiger partial charge on any atom is 0.244 e. The fourth-order valence-electron chi connectivity index (χ4n) is 3.45. The zero-order chi connectivity index (χ0) is 13.5. The van der Waals surface area contributed by atoms with E-state index in [1.165, 1.54) is 24.0 Å². The molecule has 3 nitrogen and oxygen atoms in total. The highest BCUT2D eigenvalue weighted by Gasteiger charge is 2.51. The Hall–Kier alpha value is -0.870. The minimum Gasteiger partial charge on any atom is -0.321 e. The van der Waals surface area contributed by atoms with Gasteiger partial charge in [-0.15, -0.1) is 0 Å². The van der Waals surface area contributed by atoms with Gasteiger partial charge in [-0.3, -0.25) is 10.1 Å². The number of nitrogens with one attached hydrogen (secondary N) is 1. The van der Waals surface area contributed by atoms with E-state index in [9.17, 15) is 4.79 Å². The molecule has 1 amide bonds. The van der Waals surface area contributed by atoms with Crippen LogP contribution in [-0.4, -0.2) is 22.5 Å². The molecule has 2 heterocycles. The number of hydrogen-bond acceptors (Lipinski definition) is 3. The Bertz CT molecular complexity index is 476. The predicted molar refractivity (Wildman–Crippen MR) is 78.0 cm³/mol. The lowest BCUT2D eigenvalue weighted by Crippen LogP contribution is -2.44. The van der Waals surface area contributed by atoms with Crippen LogP contribution in [0, 0.1) is 6.92 Å². The van der Waals surface area contributed by atoms with Crippen LogP contribution in [0.3, 0.4) is 0 Å². The third-order valence-corrected chi connectivity index (χ3v) is 5.55. The number of thiophene rings is 1. The monoisotopic (exact) mass is 278 g/mol. The van der Waals surface area contributed by atoms with E-state index in [4.69, 9.17) is 0 Å². The van der Waals surface area contributed by atoms with Crippen LogP contribution >= 0.6 is 11.3 Å². The molecular formula is C15H22N2OS. The zero-order valence-electron chi connectivity index (χ0n) is 11.7. The molecule has 4 heteroatoms. The standard InChI is InChI=1S/C15H22N2OS/c1-3-13-16-15(6-4-5-7-15)14(18)17(13)8-12-10-19-9-11(12)2/h9-10,13,16H,3-8H2,1-2H3. The smallest absolute Gasteiger partial charge is 0.244 e. The third-order valence-electron chi connectivity index (χ3n) is 4.64. The topological polar surface area (TPSA) is 32.3 Å². The van der Waals surface area contributed by atoms with E-state index in [-0.39, 0.29) is 11.7 Å². The van der Waals surface area contributed by atoms with Gasteiger partial charge in [0.1, 0.15) is 0 Å². The fraction of sp³-hybridized carbons (Fsp3) is 0.667. The second-order valence-electron chi connectivity index (χ2n) is 5.87. The predicted octanol–water partition coefficient (Wildman–Crippen LogP) is 3.04. The molecule has 1 atom stereocenters. The molecule has 1 aromatic rings. The molecule has 2 fully saturated rings. The molecule has 0 bridgehead atoms. The van der Waals surface area contributed by atoms with E-state index in [1.807, 2.05) is 0 Å². The molecule has 0 aromatic carbocycles. The van der Waals surface area contributed by atoms with Crippen LogP contribution in [-0.2, 0) is 11.3 Å². The Morgan fingerprint density at radius 2 is 2.16 bits per heavy atom. The van der Waals surface area contributed by atoms with Crippen LogP contribution < -0.4 is 5.32 Å². The molecular weight excluding hydrogens is 256 g/mol. The fourth-order valence-corrected chi connectivity index (χ4v) is 4.30. The van der Waals surface area contributed by atoms with E-state index >= 15 is 0 Å². The van der Waals surface area contributed by atoms with Gasteiger partial charge >= 0.3 is 0 Å². The highest BCUT2D eigenvalue weighted by molar-refractivity contribution is 7.08. The average molecular weight is 278 g/mol. The maximum atomic E-state index is 12.8. The number of aryl methyl sites for hydroxylation is 1. The van der Waals surface area contributed by atoms with E-state index < -0.39 is 0 Å². The number of carbonyl (C=O) groups is 1. The van der Waals surface area contributed by atoms with Crippen molar-refractivity contribution in [3.8, 4) is 0 Å². The van der Waals surface area contributed by atoms with Gasteiger partial charge < -0.3 is 4.90 Å². The second-order valence-corrected chi connectivity index (χ2v) is 6.61. The van der Waals surface area contributed by atoms with Gasteiger partial charge in [-0.2, -0.15) is 11.3 Å². The zero-order valence-corrected chi connectivity index (χ0v) is 12.6. The van der Waals surface area contributed by atoms with Gasteiger partial charge in [0.2, 0.25) is 5.91 Å². The molecule has 1 aliphatic heterocycles. The van der Waals surface area contributed by atoms with Gasteiger partial charge in [0, 0.05) is 6.54 Å². The van der Waals surface area contributed by atoms with Crippen LogP contribution in [0.15, 0.2) is 10.8 Å². The van der Waals surface area contributed by atoms with Gasteiger partial charge in [-0.25, -0.2) is 0 Å². The number of rotatable bonds is 3. The summed E-state index contributed by atoms with van der Waals surface area (Å²) >= 11 is 1.73. The van der Waals surface area contributed by atoms with Crippen LogP contribution in [0.4, 0.5) is 0 Å². The van der Waals surface area contributed by atoms with E-state index in [0.717, 1.165) is 25.8 Å². The van der Waals surface area contributed by atoms with Crippen molar-refractivity contribution in [1.82, 2.24) is 10.2 Å². The highest BCUT2D eigenvalue weighted by Crippen LogP contribution is 2.37. The minimum atomic E-state index is -0.232. The number of nitrogens with zero attached hydrogens (tertiary/aromatic N) is 1. The lowest BCUT2D eigenvalue weighted by atomic mass is 9.98. The molecule has 104 valence electrons. The first-order valence-corrected chi connectivity index (χ1v) is 8.21. The molecule has 3 rings (SSSR count). The lowest BCUT2D eigenvalue weighted by Gasteiger charge is -2.23. The molecule has 1 N–H and O–H groups in total. The molecule has 1 aliphatic carbocycles. The third kappa shape index (κ3) is 2.11. The van der Waals surface area contributed by atoms with Crippen molar-refractivity contribution in [3.05, 3.63) is 21.9 Å². The number of carbonyl (C=O) groups excluding carboxylic acids is 1. The summed E-state index contributed by atoms with van der Waals surface area (Å²) in [5.74, 6) is 0.336. The lowest BCUT2D eigenvalue weighted by molar-refractivity contribution is -0.133. The molecule has 1 aromatic heterocycles. The average Bonchev–Trinajstić information content (AvgIpc) is 3.08. The summed E-state index contributed by atoms with van der Waals surface area (Å²) in [7, 11) is 0. The van der Waals surface area contributed by atoms with E-state index in [1.54, 1.807) is 11.3 Å².